The zero-order valence-corrected chi connectivity index (χ0v) is 15.9. The van der Waals surface area contributed by atoms with E-state index in [1.165, 1.54) is 11.8 Å². The first-order valence-corrected chi connectivity index (χ1v) is 9.47. The highest BCUT2D eigenvalue weighted by Gasteiger charge is 2.16. The Bertz CT molecular complexity index is 1180. The van der Waals surface area contributed by atoms with Crippen LogP contribution in [0, 0.1) is 12.7 Å². The Balaban J connectivity index is 1.52. The molecule has 0 radical (unpaired) electrons. The summed E-state index contributed by atoms with van der Waals surface area (Å²) in [5.41, 5.74) is 3.74. The molecule has 7 heteroatoms. The van der Waals surface area contributed by atoms with Gasteiger partial charge in [-0.05, 0) is 38.1 Å². The largest absolute Gasteiger partial charge is 0.369 e. The molecule has 0 aliphatic carbocycles. The van der Waals surface area contributed by atoms with Gasteiger partial charge in [-0.25, -0.2) is 19.3 Å². The van der Waals surface area contributed by atoms with Crippen molar-refractivity contribution in [1.29, 1.82) is 0 Å². The van der Waals surface area contributed by atoms with Crippen LogP contribution < -0.4 is 10.2 Å². The summed E-state index contributed by atoms with van der Waals surface area (Å²) in [5.74, 6) is 0.126. The Morgan fingerprint density at radius 1 is 1.18 bits per heavy atom. The third-order valence-corrected chi connectivity index (χ3v) is 5.18. The second-order valence-corrected chi connectivity index (χ2v) is 7.43. The molecule has 142 valence electrons. The molecule has 4 aromatic rings. The quantitative estimate of drug-likeness (QED) is 0.582. The molecule has 1 aliphatic rings. The van der Waals surface area contributed by atoms with Crippen LogP contribution in [-0.4, -0.2) is 45.0 Å². The van der Waals surface area contributed by atoms with E-state index >= 15 is 0 Å². The first kappa shape index (κ1) is 17.1. The van der Waals surface area contributed by atoms with Crippen LogP contribution in [0.15, 0.2) is 42.9 Å². The summed E-state index contributed by atoms with van der Waals surface area (Å²) < 4.78 is 16.1. The number of piperazine rings is 1. The van der Waals surface area contributed by atoms with Gasteiger partial charge in [-0.3, -0.25) is 0 Å². The molecule has 28 heavy (non-hydrogen) atoms. The smallest absolute Gasteiger partial charge is 0.173 e. The number of hydrogen-bond acceptors (Lipinski definition) is 5. The minimum absolute atomic E-state index is 0.317. The standard InChI is InChI=1S/C21H21FN6/c1-13-10-27(6-5-23-13)17-3-4-19-15(7-17)9-24-20(26-19)16-8-18(22)21-25-14(2)11-28(21)12-16/h3-4,7-9,11-13,23H,5-6,10H2,1-2H3. The van der Waals surface area contributed by atoms with Crippen molar-refractivity contribution in [3.63, 3.8) is 0 Å². The van der Waals surface area contributed by atoms with E-state index in [-0.39, 0.29) is 5.82 Å². The lowest BCUT2D eigenvalue weighted by molar-refractivity contribution is 0.485. The maximum Gasteiger partial charge on any atom is 0.173 e. The van der Waals surface area contributed by atoms with Gasteiger partial charge in [-0.2, -0.15) is 0 Å². The van der Waals surface area contributed by atoms with E-state index in [1.54, 1.807) is 10.6 Å². The van der Waals surface area contributed by atoms with Gasteiger partial charge in [0.25, 0.3) is 0 Å². The molecule has 5 rings (SSSR count). The van der Waals surface area contributed by atoms with E-state index in [2.05, 4.69) is 44.2 Å². The molecule has 1 saturated heterocycles. The van der Waals surface area contributed by atoms with Gasteiger partial charge < -0.3 is 14.6 Å². The van der Waals surface area contributed by atoms with E-state index < -0.39 is 0 Å². The summed E-state index contributed by atoms with van der Waals surface area (Å²) in [5, 5.41) is 4.44. The molecular formula is C21H21FN6. The van der Waals surface area contributed by atoms with Gasteiger partial charge in [-0.1, -0.05) is 0 Å². The van der Waals surface area contributed by atoms with Gasteiger partial charge >= 0.3 is 0 Å². The molecule has 1 N–H and O–H groups in total. The maximum atomic E-state index is 14.4. The van der Waals surface area contributed by atoms with Crippen molar-refractivity contribution >= 4 is 22.2 Å². The minimum Gasteiger partial charge on any atom is -0.369 e. The average molecular weight is 376 g/mol. The van der Waals surface area contributed by atoms with E-state index in [9.17, 15) is 4.39 Å². The number of nitrogens with one attached hydrogen (secondary N) is 1. The van der Waals surface area contributed by atoms with Crippen LogP contribution in [0.5, 0.6) is 0 Å². The molecule has 0 bridgehead atoms. The summed E-state index contributed by atoms with van der Waals surface area (Å²) in [6.45, 7) is 6.98. The van der Waals surface area contributed by atoms with E-state index in [1.807, 2.05) is 25.4 Å². The Morgan fingerprint density at radius 2 is 2.07 bits per heavy atom. The Hall–Kier alpha value is -3.06. The predicted molar refractivity (Wildman–Crippen MR) is 108 cm³/mol. The van der Waals surface area contributed by atoms with E-state index in [0.717, 1.165) is 36.2 Å². The Labute approximate surface area is 162 Å². The molecule has 1 aliphatic heterocycles. The summed E-state index contributed by atoms with van der Waals surface area (Å²) >= 11 is 0. The van der Waals surface area contributed by atoms with Crippen molar-refractivity contribution in [1.82, 2.24) is 24.7 Å². The van der Waals surface area contributed by atoms with Crippen LogP contribution in [0.3, 0.4) is 0 Å². The fourth-order valence-electron chi connectivity index (χ4n) is 3.83. The highest BCUT2D eigenvalue weighted by Crippen LogP contribution is 2.25. The number of halogens is 1. The van der Waals surface area contributed by atoms with Crippen molar-refractivity contribution in [3.05, 3.63) is 54.4 Å². The summed E-state index contributed by atoms with van der Waals surface area (Å²) in [7, 11) is 0. The molecule has 1 fully saturated rings. The van der Waals surface area contributed by atoms with Crippen molar-refractivity contribution in [3.8, 4) is 11.4 Å². The number of fused-ring (bicyclic) bond motifs is 2. The summed E-state index contributed by atoms with van der Waals surface area (Å²) in [6, 6.07) is 8.15. The number of hydrogen-bond donors (Lipinski definition) is 1. The lowest BCUT2D eigenvalue weighted by Crippen LogP contribution is -2.49. The molecule has 1 aromatic carbocycles. The van der Waals surface area contributed by atoms with Crippen LogP contribution in [0.4, 0.5) is 10.1 Å². The van der Waals surface area contributed by atoms with Crippen LogP contribution in [0.2, 0.25) is 0 Å². The molecule has 3 aromatic heterocycles. The molecule has 4 heterocycles. The number of anilines is 1. The lowest BCUT2D eigenvalue weighted by Gasteiger charge is -2.33. The summed E-state index contributed by atoms with van der Waals surface area (Å²) in [4.78, 5) is 15.7. The molecule has 0 amide bonds. The average Bonchev–Trinajstić information content (AvgIpc) is 3.08. The third kappa shape index (κ3) is 2.97. The highest BCUT2D eigenvalue weighted by atomic mass is 19.1. The van der Waals surface area contributed by atoms with Gasteiger partial charge in [0, 0.05) is 60.9 Å². The van der Waals surface area contributed by atoms with Gasteiger partial charge in [0.15, 0.2) is 17.3 Å². The zero-order chi connectivity index (χ0) is 19.3. The second kappa shape index (κ2) is 6.53. The molecular weight excluding hydrogens is 355 g/mol. The molecule has 0 spiro atoms. The number of aromatic nitrogens is 4. The number of aryl methyl sites for hydroxylation is 1. The Kier molecular flexibility index (Phi) is 3.98. The normalized spacial score (nSPS) is 17.5. The first-order chi connectivity index (χ1) is 13.6. The fraction of sp³-hybridized carbons (Fsp3) is 0.286. The predicted octanol–water partition coefficient (Wildman–Crippen LogP) is 3.19. The van der Waals surface area contributed by atoms with Crippen molar-refractivity contribution in [2.24, 2.45) is 0 Å². The van der Waals surface area contributed by atoms with Crippen molar-refractivity contribution < 1.29 is 4.39 Å². The van der Waals surface area contributed by atoms with Crippen LogP contribution in [0.25, 0.3) is 27.9 Å². The van der Waals surface area contributed by atoms with Crippen molar-refractivity contribution in [2.45, 2.75) is 19.9 Å². The van der Waals surface area contributed by atoms with Gasteiger partial charge in [0.05, 0.1) is 11.2 Å². The molecule has 1 unspecified atom stereocenters. The monoisotopic (exact) mass is 376 g/mol. The van der Waals surface area contributed by atoms with Crippen molar-refractivity contribution in [2.75, 3.05) is 24.5 Å². The van der Waals surface area contributed by atoms with Gasteiger partial charge in [0.1, 0.15) is 0 Å². The minimum atomic E-state index is -0.377. The molecule has 0 saturated carbocycles. The highest BCUT2D eigenvalue weighted by molar-refractivity contribution is 5.83. The molecule has 1 atom stereocenters. The van der Waals surface area contributed by atoms with Crippen LogP contribution in [-0.2, 0) is 0 Å². The SMILES string of the molecule is Cc1cn2cc(-c3ncc4cc(N5CCNC(C)C5)ccc4n3)cc(F)c2n1. The fourth-order valence-corrected chi connectivity index (χ4v) is 3.83. The third-order valence-electron chi connectivity index (χ3n) is 5.18. The summed E-state index contributed by atoms with van der Waals surface area (Å²) in [6.07, 6.45) is 5.42. The number of pyridine rings is 1. The topological polar surface area (TPSA) is 58.4 Å². The van der Waals surface area contributed by atoms with Gasteiger partial charge in [0.2, 0.25) is 0 Å². The lowest BCUT2D eigenvalue weighted by atomic mass is 10.1. The Morgan fingerprint density at radius 3 is 2.93 bits per heavy atom. The number of imidazole rings is 1. The first-order valence-electron chi connectivity index (χ1n) is 9.47. The van der Waals surface area contributed by atoms with E-state index in [0.29, 0.717) is 23.1 Å². The molecule has 6 nitrogen and oxygen atoms in total. The van der Waals surface area contributed by atoms with Gasteiger partial charge in [-0.15, -0.1) is 0 Å². The van der Waals surface area contributed by atoms with Crippen LogP contribution in [0.1, 0.15) is 12.6 Å². The maximum absolute atomic E-state index is 14.4. The number of rotatable bonds is 2. The second-order valence-electron chi connectivity index (χ2n) is 7.43. The number of benzene rings is 1. The number of nitrogens with zero attached hydrogens (tertiary/aromatic N) is 5. The van der Waals surface area contributed by atoms with Crippen LogP contribution >= 0.6 is 0 Å². The van der Waals surface area contributed by atoms with E-state index in [4.69, 9.17) is 0 Å². The zero-order valence-electron chi connectivity index (χ0n) is 15.9.